The monoisotopic (exact) mass is 410 g/mol. The largest absolute Gasteiger partial charge is 0.386 e. The Kier molecular flexibility index (Phi) is 8.18. The van der Waals surface area contributed by atoms with E-state index >= 15 is 0 Å². The zero-order valence-electron chi connectivity index (χ0n) is 19.1. The van der Waals surface area contributed by atoms with Crippen LogP contribution in [-0.4, -0.2) is 19.1 Å². The van der Waals surface area contributed by atoms with Gasteiger partial charge in [0, 0.05) is 30.5 Å². The first kappa shape index (κ1) is 22.7. The highest BCUT2D eigenvalue weighted by atomic mass is 19.1. The minimum Gasteiger partial charge on any atom is -0.386 e. The van der Waals surface area contributed by atoms with E-state index in [1.54, 1.807) is 11.6 Å². The third-order valence-corrected chi connectivity index (χ3v) is 6.89. The molecule has 1 aromatic rings. The Hall–Kier alpha value is -2.03. The van der Waals surface area contributed by atoms with Crippen LogP contribution < -0.4 is 10.2 Å². The molecule has 0 amide bonds. The number of allylic oxidation sites excluding steroid dienone is 5. The van der Waals surface area contributed by atoms with E-state index < -0.39 is 5.83 Å². The maximum Gasteiger partial charge on any atom is 0.116 e. The lowest BCUT2D eigenvalue weighted by Gasteiger charge is -2.32. The van der Waals surface area contributed by atoms with Gasteiger partial charge in [-0.15, -0.1) is 0 Å². The molecular weight excluding hydrogens is 371 g/mol. The highest BCUT2D eigenvalue weighted by Crippen LogP contribution is 2.32. The Labute approximate surface area is 182 Å². The van der Waals surface area contributed by atoms with Gasteiger partial charge in [0.05, 0.1) is 0 Å². The fourth-order valence-corrected chi connectivity index (χ4v) is 4.95. The van der Waals surface area contributed by atoms with Crippen LogP contribution in [0.1, 0.15) is 68.6 Å². The van der Waals surface area contributed by atoms with Crippen molar-refractivity contribution in [3.63, 3.8) is 0 Å². The zero-order chi connectivity index (χ0) is 21.5. The second kappa shape index (κ2) is 10.8. The molecule has 0 radical (unpaired) electrons. The van der Waals surface area contributed by atoms with Crippen molar-refractivity contribution in [3.8, 4) is 0 Å². The van der Waals surface area contributed by atoms with E-state index in [1.807, 2.05) is 6.08 Å². The smallest absolute Gasteiger partial charge is 0.116 e. The predicted molar refractivity (Wildman–Crippen MR) is 128 cm³/mol. The first-order valence-corrected chi connectivity index (χ1v) is 11.7. The average Bonchev–Trinajstić information content (AvgIpc) is 2.73. The molecule has 3 heteroatoms. The summed E-state index contributed by atoms with van der Waals surface area (Å²) in [7, 11) is 0. The maximum absolute atomic E-state index is 12.7. The number of anilines is 1. The molecule has 2 nitrogen and oxygen atoms in total. The minimum atomic E-state index is -0.408. The Morgan fingerprint density at radius 2 is 1.83 bits per heavy atom. The zero-order valence-corrected chi connectivity index (χ0v) is 19.1. The Bertz CT molecular complexity index is 778. The second-order valence-electron chi connectivity index (χ2n) is 9.32. The topological polar surface area (TPSA) is 15.3 Å². The van der Waals surface area contributed by atoms with Gasteiger partial charge in [-0.05, 0) is 119 Å². The highest BCUT2D eigenvalue weighted by Gasteiger charge is 2.22. The molecule has 2 aliphatic rings. The second-order valence-corrected chi connectivity index (χ2v) is 9.32. The van der Waals surface area contributed by atoms with E-state index in [0.29, 0.717) is 6.04 Å². The van der Waals surface area contributed by atoms with Gasteiger partial charge in [-0.25, -0.2) is 4.39 Å². The van der Waals surface area contributed by atoms with Crippen LogP contribution in [0.5, 0.6) is 0 Å². The highest BCUT2D eigenvalue weighted by molar-refractivity contribution is 5.54. The summed E-state index contributed by atoms with van der Waals surface area (Å²) in [6.07, 6.45) is 15.2. The summed E-state index contributed by atoms with van der Waals surface area (Å²) in [5.74, 6) is 0.367. The van der Waals surface area contributed by atoms with Gasteiger partial charge in [0.2, 0.25) is 0 Å². The van der Waals surface area contributed by atoms with Crippen molar-refractivity contribution in [1.29, 1.82) is 0 Å². The van der Waals surface area contributed by atoms with Gasteiger partial charge in [-0.3, -0.25) is 0 Å². The molecular formula is C27H39FN2. The Balaban J connectivity index is 1.55. The minimum absolute atomic E-state index is 0.408. The molecule has 3 rings (SSSR count). The molecule has 1 N–H and O–H groups in total. The van der Waals surface area contributed by atoms with Crippen LogP contribution in [-0.2, 0) is 6.42 Å². The third-order valence-electron chi connectivity index (χ3n) is 6.89. The standard InChI is InChI=1S/C27H39FN2/c1-20-17-27(30-15-6-5-7-16-30)19-25(23(20)4)18-24-11-13-26(14-12-24)29-22(3)10-8-9-21(2)28/h8-10,17,19,24,26,29H,2,5-7,11-16,18H2,1,3-4H3/b9-8-,22-10+. The molecule has 30 heavy (non-hydrogen) atoms. The molecule has 0 atom stereocenters. The number of halogens is 1. The molecule has 0 aromatic heterocycles. The lowest BCUT2D eigenvalue weighted by Crippen LogP contribution is -2.32. The van der Waals surface area contributed by atoms with Crippen molar-refractivity contribution in [2.24, 2.45) is 5.92 Å². The summed E-state index contributed by atoms with van der Waals surface area (Å²) in [5.41, 5.74) is 7.01. The quantitative estimate of drug-likeness (QED) is 0.490. The molecule has 1 saturated carbocycles. The number of hydrogen-bond acceptors (Lipinski definition) is 2. The normalized spacial score (nSPS) is 23.1. The van der Waals surface area contributed by atoms with Gasteiger partial charge in [-0.1, -0.05) is 12.7 Å². The lowest BCUT2D eigenvalue weighted by molar-refractivity contribution is 0.301. The van der Waals surface area contributed by atoms with Crippen molar-refractivity contribution in [2.45, 2.75) is 78.2 Å². The van der Waals surface area contributed by atoms with Gasteiger partial charge in [-0.2, -0.15) is 0 Å². The molecule has 1 aromatic carbocycles. The molecule has 0 bridgehead atoms. The molecule has 164 valence electrons. The van der Waals surface area contributed by atoms with Crippen molar-refractivity contribution >= 4 is 5.69 Å². The average molecular weight is 411 g/mol. The van der Waals surface area contributed by atoms with Crippen LogP contribution in [0, 0.1) is 19.8 Å². The number of benzene rings is 1. The first-order valence-electron chi connectivity index (χ1n) is 11.7. The van der Waals surface area contributed by atoms with Crippen molar-refractivity contribution in [1.82, 2.24) is 5.32 Å². The summed E-state index contributed by atoms with van der Waals surface area (Å²) < 4.78 is 12.7. The van der Waals surface area contributed by atoms with Crippen molar-refractivity contribution in [3.05, 3.63) is 65.2 Å². The fourth-order valence-electron chi connectivity index (χ4n) is 4.95. The molecule has 1 saturated heterocycles. The summed E-state index contributed by atoms with van der Waals surface area (Å²) in [6, 6.07) is 5.41. The van der Waals surface area contributed by atoms with Crippen LogP contribution in [0.3, 0.4) is 0 Å². The number of hydrogen-bond donors (Lipinski definition) is 1. The van der Waals surface area contributed by atoms with Gasteiger partial charge in [0.15, 0.2) is 0 Å². The SMILES string of the molecule is C=C(F)/C=C\C=C(/C)NC1CCC(Cc2cc(N3CCCCC3)cc(C)c2C)CC1. The van der Waals surface area contributed by atoms with E-state index in [-0.39, 0.29) is 0 Å². The first-order chi connectivity index (χ1) is 14.4. The van der Waals surface area contributed by atoms with Crippen LogP contribution in [0.2, 0.25) is 0 Å². The maximum atomic E-state index is 12.7. The van der Waals surface area contributed by atoms with E-state index in [1.165, 1.54) is 87.3 Å². The number of piperidine rings is 1. The summed E-state index contributed by atoms with van der Waals surface area (Å²) >= 11 is 0. The van der Waals surface area contributed by atoms with Crippen LogP contribution in [0.25, 0.3) is 0 Å². The summed E-state index contributed by atoms with van der Waals surface area (Å²) in [5, 5.41) is 3.60. The van der Waals surface area contributed by atoms with Gasteiger partial charge >= 0.3 is 0 Å². The van der Waals surface area contributed by atoms with E-state index in [4.69, 9.17) is 0 Å². The molecule has 1 aliphatic heterocycles. The van der Waals surface area contributed by atoms with Gasteiger partial charge in [0.25, 0.3) is 0 Å². The fraction of sp³-hybridized carbons (Fsp3) is 0.556. The number of nitrogens with zero attached hydrogens (tertiary/aromatic N) is 1. The van der Waals surface area contributed by atoms with Gasteiger partial charge in [0.1, 0.15) is 5.83 Å². The molecule has 0 unspecified atom stereocenters. The predicted octanol–water partition coefficient (Wildman–Crippen LogP) is 6.93. The van der Waals surface area contributed by atoms with E-state index in [9.17, 15) is 4.39 Å². The van der Waals surface area contributed by atoms with Crippen molar-refractivity contribution in [2.75, 3.05) is 18.0 Å². The lowest BCUT2D eigenvalue weighted by atomic mass is 9.81. The van der Waals surface area contributed by atoms with E-state index in [0.717, 1.165) is 11.6 Å². The van der Waals surface area contributed by atoms with Crippen molar-refractivity contribution < 1.29 is 4.39 Å². The van der Waals surface area contributed by atoms with Crippen LogP contribution in [0.15, 0.2) is 48.5 Å². The van der Waals surface area contributed by atoms with E-state index in [2.05, 4.69) is 49.7 Å². The molecule has 1 heterocycles. The Morgan fingerprint density at radius 3 is 2.50 bits per heavy atom. The number of nitrogens with one attached hydrogen (secondary N) is 1. The van der Waals surface area contributed by atoms with Crippen LogP contribution in [0.4, 0.5) is 10.1 Å². The summed E-state index contributed by atoms with van der Waals surface area (Å²) in [6.45, 7) is 12.3. The molecule has 0 spiro atoms. The molecule has 2 fully saturated rings. The summed E-state index contributed by atoms with van der Waals surface area (Å²) in [4.78, 5) is 2.59. The number of rotatable bonds is 7. The number of aryl methyl sites for hydroxylation is 1. The van der Waals surface area contributed by atoms with Gasteiger partial charge < -0.3 is 10.2 Å². The van der Waals surface area contributed by atoms with Crippen LogP contribution >= 0.6 is 0 Å². The molecule has 1 aliphatic carbocycles. The Morgan fingerprint density at radius 1 is 1.13 bits per heavy atom. The third kappa shape index (κ3) is 6.48.